The number of ether oxygens (including phenoxy) is 1. The van der Waals surface area contributed by atoms with Crippen LogP contribution >= 0.6 is 11.3 Å². The molecule has 0 aliphatic rings. The van der Waals surface area contributed by atoms with E-state index in [9.17, 15) is 21.6 Å². The maximum absolute atomic E-state index is 13.3. The van der Waals surface area contributed by atoms with Crippen molar-refractivity contribution < 1.29 is 26.4 Å². The molecular formula is C24H31N3O6S3. The number of benzene rings is 2. The van der Waals surface area contributed by atoms with Gasteiger partial charge in [-0.1, -0.05) is 25.2 Å². The summed E-state index contributed by atoms with van der Waals surface area (Å²) in [6.07, 6.45) is 0.927. The lowest BCUT2D eigenvalue weighted by Gasteiger charge is -2.24. The number of anilines is 1. The van der Waals surface area contributed by atoms with Gasteiger partial charge in [0.25, 0.3) is 0 Å². The fourth-order valence-electron chi connectivity index (χ4n) is 3.60. The molecule has 1 aromatic heterocycles. The SMILES string of the molecule is CCN(CC)CCN(C(=O)CCS(=O)(=O)c1ccc(OC)cc1)c1nc2ccc(S(C)(=O)=O)cc2s1. The van der Waals surface area contributed by atoms with Crippen molar-refractivity contribution in [1.29, 1.82) is 0 Å². The molecule has 0 unspecified atom stereocenters. The van der Waals surface area contributed by atoms with Gasteiger partial charge in [0, 0.05) is 25.8 Å². The van der Waals surface area contributed by atoms with E-state index >= 15 is 0 Å². The third-order valence-electron chi connectivity index (χ3n) is 5.85. The van der Waals surface area contributed by atoms with Gasteiger partial charge >= 0.3 is 0 Å². The van der Waals surface area contributed by atoms with Crippen LogP contribution in [-0.2, 0) is 24.5 Å². The fraction of sp³-hybridized carbons (Fsp3) is 0.417. The van der Waals surface area contributed by atoms with Crippen molar-refractivity contribution >= 4 is 52.3 Å². The van der Waals surface area contributed by atoms with E-state index in [4.69, 9.17) is 4.74 Å². The Morgan fingerprint density at radius 3 is 2.19 bits per heavy atom. The quantitative estimate of drug-likeness (QED) is 0.336. The van der Waals surface area contributed by atoms with Crippen LogP contribution in [0.15, 0.2) is 52.3 Å². The van der Waals surface area contributed by atoms with Gasteiger partial charge in [-0.2, -0.15) is 0 Å². The second kappa shape index (κ2) is 11.7. The lowest BCUT2D eigenvalue weighted by molar-refractivity contribution is -0.118. The van der Waals surface area contributed by atoms with Crippen molar-refractivity contribution in [3.05, 3.63) is 42.5 Å². The molecule has 0 aliphatic heterocycles. The van der Waals surface area contributed by atoms with Crippen molar-refractivity contribution in [2.24, 2.45) is 0 Å². The summed E-state index contributed by atoms with van der Waals surface area (Å²) in [5.74, 6) is -0.160. The number of hydrogen-bond acceptors (Lipinski definition) is 9. The number of rotatable bonds is 12. The van der Waals surface area contributed by atoms with Crippen molar-refractivity contribution in [3.8, 4) is 5.75 Å². The molecule has 2 aromatic carbocycles. The van der Waals surface area contributed by atoms with Gasteiger partial charge in [-0.25, -0.2) is 21.8 Å². The summed E-state index contributed by atoms with van der Waals surface area (Å²) in [5.41, 5.74) is 0.578. The molecule has 1 heterocycles. The summed E-state index contributed by atoms with van der Waals surface area (Å²) in [7, 11) is -5.57. The van der Waals surface area contributed by atoms with Crippen LogP contribution < -0.4 is 9.64 Å². The normalized spacial score (nSPS) is 12.2. The maximum Gasteiger partial charge on any atom is 0.229 e. The first-order valence-electron chi connectivity index (χ1n) is 11.5. The molecule has 9 nitrogen and oxygen atoms in total. The molecule has 1 amide bonds. The number of fused-ring (bicyclic) bond motifs is 1. The van der Waals surface area contributed by atoms with E-state index in [-0.39, 0.29) is 27.9 Å². The first-order valence-corrected chi connectivity index (χ1v) is 15.8. The molecule has 0 spiro atoms. The molecule has 0 radical (unpaired) electrons. The van der Waals surface area contributed by atoms with Crippen LogP contribution in [0.1, 0.15) is 20.3 Å². The maximum atomic E-state index is 13.3. The average Bonchev–Trinajstić information content (AvgIpc) is 3.28. The van der Waals surface area contributed by atoms with E-state index in [1.807, 2.05) is 13.8 Å². The third-order valence-corrected chi connectivity index (χ3v) is 9.73. The Bertz CT molecular complexity index is 1410. The Hall–Kier alpha value is -2.54. The van der Waals surface area contributed by atoms with Crippen molar-refractivity contribution in [2.75, 3.05) is 50.2 Å². The Kier molecular flexibility index (Phi) is 9.09. The standard InChI is InChI=1S/C24H31N3O6S3/c1-5-26(6-2)14-15-27(24-25-21-12-11-20(35(4,29)30)17-22(21)34-24)23(28)13-16-36(31,32)19-9-7-18(33-3)8-10-19/h7-12,17H,5-6,13-16H2,1-4H3. The highest BCUT2D eigenvalue weighted by Gasteiger charge is 2.24. The van der Waals surface area contributed by atoms with Crippen LogP contribution in [0.5, 0.6) is 5.75 Å². The van der Waals surface area contributed by atoms with E-state index in [0.717, 1.165) is 19.3 Å². The Labute approximate surface area is 216 Å². The number of amides is 1. The molecular weight excluding hydrogens is 522 g/mol. The molecule has 0 N–H and O–H groups in total. The number of aromatic nitrogens is 1. The molecule has 196 valence electrons. The zero-order valence-electron chi connectivity index (χ0n) is 20.8. The van der Waals surface area contributed by atoms with Crippen LogP contribution in [0.25, 0.3) is 10.2 Å². The largest absolute Gasteiger partial charge is 0.497 e. The summed E-state index contributed by atoms with van der Waals surface area (Å²) < 4.78 is 55.3. The predicted molar refractivity (Wildman–Crippen MR) is 143 cm³/mol. The minimum absolute atomic E-state index is 0.124. The molecule has 0 saturated carbocycles. The van der Waals surface area contributed by atoms with Gasteiger partial charge in [0.2, 0.25) is 5.91 Å². The Morgan fingerprint density at radius 2 is 1.61 bits per heavy atom. The number of carbonyl (C=O) groups is 1. The summed E-state index contributed by atoms with van der Waals surface area (Å²) in [6, 6.07) is 10.7. The summed E-state index contributed by atoms with van der Waals surface area (Å²) in [4.78, 5) is 21.8. The minimum atomic E-state index is -3.68. The topological polar surface area (TPSA) is 114 Å². The molecule has 0 fully saturated rings. The van der Waals surface area contributed by atoms with E-state index < -0.39 is 19.7 Å². The molecule has 0 aliphatic carbocycles. The van der Waals surface area contributed by atoms with Crippen LogP contribution in [-0.4, -0.2) is 77.9 Å². The van der Waals surface area contributed by atoms with E-state index in [1.165, 1.54) is 41.5 Å². The van der Waals surface area contributed by atoms with Crippen LogP contribution in [0, 0.1) is 0 Å². The highest BCUT2D eigenvalue weighted by molar-refractivity contribution is 7.91. The number of likely N-dealkylation sites (N-methyl/N-ethyl adjacent to an activating group) is 1. The highest BCUT2D eigenvalue weighted by Crippen LogP contribution is 2.31. The third kappa shape index (κ3) is 6.81. The van der Waals surface area contributed by atoms with Crippen LogP contribution in [0.4, 0.5) is 5.13 Å². The fourth-order valence-corrected chi connectivity index (χ4v) is 6.60. The molecule has 3 aromatic rings. The number of carbonyl (C=O) groups excluding carboxylic acids is 1. The molecule has 36 heavy (non-hydrogen) atoms. The zero-order valence-corrected chi connectivity index (χ0v) is 23.2. The van der Waals surface area contributed by atoms with Gasteiger partial charge in [0.15, 0.2) is 24.8 Å². The number of sulfone groups is 2. The molecule has 0 saturated heterocycles. The highest BCUT2D eigenvalue weighted by atomic mass is 32.2. The Morgan fingerprint density at radius 1 is 0.972 bits per heavy atom. The predicted octanol–water partition coefficient (Wildman–Crippen LogP) is 3.25. The molecule has 0 atom stereocenters. The number of thiazole rings is 1. The number of nitrogens with zero attached hydrogens (tertiary/aromatic N) is 3. The van der Waals surface area contributed by atoms with Gasteiger partial charge in [-0.15, -0.1) is 0 Å². The van der Waals surface area contributed by atoms with Gasteiger partial charge in [-0.3, -0.25) is 9.69 Å². The summed E-state index contributed by atoms with van der Waals surface area (Å²) in [6.45, 7) is 6.60. The monoisotopic (exact) mass is 553 g/mol. The van der Waals surface area contributed by atoms with Crippen molar-refractivity contribution in [3.63, 3.8) is 0 Å². The lowest BCUT2D eigenvalue weighted by atomic mass is 10.3. The molecule has 3 rings (SSSR count). The molecule has 12 heteroatoms. The van der Waals surface area contributed by atoms with E-state index in [2.05, 4.69) is 9.88 Å². The van der Waals surface area contributed by atoms with Crippen LogP contribution in [0.3, 0.4) is 0 Å². The second-order valence-corrected chi connectivity index (χ2v) is 13.3. The van der Waals surface area contributed by atoms with Crippen molar-refractivity contribution in [2.45, 2.75) is 30.1 Å². The first-order chi connectivity index (χ1) is 17.0. The lowest BCUT2D eigenvalue weighted by Crippen LogP contribution is -2.39. The summed E-state index contributed by atoms with van der Waals surface area (Å²) in [5, 5.41) is 0.412. The van der Waals surface area contributed by atoms with Gasteiger partial charge in [0.05, 0.1) is 32.9 Å². The van der Waals surface area contributed by atoms with E-state index in [0.29, 0.717) is 34.2 Å². The average molecular weight is 554 g/mol. The van der Waals surface area contributed by atoms with Gasteiger partial charge < -0.3 is 9.64 Å². The van der Waals surface area contributed by atoms with E-state index in [1.54, 1.807) is 24.3 Å². The van der Waals surface area contributed by atoms with Crippen LogP contribution in [0.2, 0.25) is 0 Å². The number of hydrogen-bond donors (Lipinski definition) is 0. The Balaban J connectivity index is 1.86. The minimum Gasteiger partial charge on any atom is -0.497 e. The van der Waals surface area contributed by atoms with Gasteiger partial charge in [-0.05, 0) is 55.6 Å². The number of methoxy groups -OCH3 is 1. The summed E-state index contributed by atoms with van der Waals surface area (Å²) >= 11 is 1.21. The van der Waals surface area contributed by atoms with Gasteiger partial charge in [0.1, 0.15) is 5.75 Å². The molecule has 0 bridgehead atoms. The zero-order chi connectivity index (χ0) is 26.5. The first kappa shape index (κ1) is 28.0. The smallest absolute Gasteiger partial charge is 0.229 e. The second-order valence-electron chi connectivity index (χ2n) is 8.21. The van der Waals surface area contributed by atoms with Crippen molar-refractivity contribution in [1.82, 2.24) is 9.88 Å².